The molecule has 1 saturated heterocycles. The highest BCUT2D eigenvalue weighted by Gasteiger charge is 2.34. The van der Waals surface area contributed by atoms with Gasteiger partial charge in [0.15, 0.2) is 0 Å². The van der Waals surface area contributed by atoms with Gasteiger partial charge in [0.2, 0.25) is 0 Å². The van der Waals surface area contributed by atoms with Crippen molar-refractivity contribution in [1.29, 1.82) is 5.26 Å². The van der Waals surface area contributed by atoms with Gasteiger partial charge in [0, 0.05) is 31.2 Å². The van der Waals surface area contributed by atoms with Crippen LogP contribution in [0.25, 0.3) is 0 Å². The summed E-state index contributed by atoms with van der Waals surface area (Å²) >= 11 is 0. The van der Waals surface area contributed by atoms with Gasteiger partial charge in [-0.15, -0.1) is 0 Å². The third kappa shape index (κ3) is 2.26. The molecule has 2 aliphatic rings. The summed E-state index contributed by atoms with van der Waals surface area (Å²) in [5.41, 5.74) is 0. The number of nitrogens with zero attached hydrogens (tertiary/aromatic N) is 2. The molecule has 78 valence electrons. The third-order valence-electron chi connectivity index (χ3n) is 3.33. The van der Waals surface area contributed by atoms with E-state index in [0.29, 0.717) is 18.5 Å². The van der Waals surface area contributed by atoms with Crippen LogP contribution in [0.2, 0.25) is 0 Å². The Bertz CT molecular complexity index is 229. The molecule has 0 aromatic carbocycles. The highest BCUT2D eigenvalue weighted by atomic mass is 15.2. The lowest BCUT2D eigenvalue weighted by molar-refractivity contribution is 0.201. The minimum absolute atomic E-state index is 0.456. The third-order valence-corrected chi connectivity index (χ3v) is 3.33. The molecule has 3 nitrogen and oxygen atoms in total. The van der Waals surface area contributed by atoms with Gasteiger partial charge >= 0.3 is 0 Å². The zero-order valence-electron chi connectivity index (χ0n) is 8.87. The number of nitrogens with one attached hydrogen (secondary N) is 1. The van der Waals surface area contributed by atoms with E-state index < -0.39 is 0 Å². The molecule has 0 radical (unpaired) electrons. The van der Waals surface area contributed by atoms with Crippen LogP contribution in [0.5, 0.6) is 0 Å². The Labute approximate surface area is 86.1 Å². The first kappa shape index (κ1) is 9.95. The van der Waals surface area contributed by atoms with Crippen molar-refractivity contribution in [3.8, 4) is 6.07 Å². The molecule has 3 heteroatoms. The van der Waals surface area contributed by atoms with Gasteiger partial charge in [-0.3, -0.25) is 4.90 Å². The minimum atomic E-state index is 0.456. The first-order valence-electron chi connectivity index (χ1n) is 5.67. The summed E-state index contributed by atoms with van der Waals surface area (Å²) in [6.45, 7) is 4.40. The topological polar surface area (TPSA) is 39.1 Å². The Hall–Kier alpha value is -0.590. The summed E-state index contributed by atoms with van der Waals surface area (Å²) in [5, 5.41) is 12.3. The summed E-state index contributed by atoms with van der Waals surface area (Å²) in [7, 11) is 0. The van der Waals surface area contributed by atoms with E-state index in [4.69, 9.17) is 5.26 Å². The molecule has 1 heterocycles. The normalized spacial score (nSPS) is 34.9. The first-order chi connectivity index (χ1) is 6.81. The van der Waals surface area contributed by atoms with E-state index in [0.717, 1.165) is 12.6 Å². The molecule has 0 aromatic heterocycles. The SMILES string of the molecule is CC1CCN(C2CC2)C(CC#N)CN1. The molecule has 0 amide bonds. The Morgan fingerprint density at radius 1 is 1.43 bits per heavy atom. The van der Waals surface area contributed by atoms with E-state index >= 15 is 0 Å². The monoisotopic (exact) mass is 193 g/mol. The van der Waals surface area contributed by atoms with Crippen LogP contribution in [0, 0.1) is 11.3 Å². The lowest BCUT2D eigenvalue weighted by Crippen LogP contribution is -2.41. The maximum Gasteiger partial charge on any atom is 0.0638 e. The summed E-state index contributed by atoms with van der Waals surface area (Å²) in [6.07, 6.45) is 4.58. The first-order valence-corrected chi connectivity index (χ1v) is 5.67. The van der Waals surface area contributed by atoms with E-state index in [9.17, 15) is 0 Å². The second-order valence-electron chi connectivity index (χ2n) is 4.58. The van der Waals surface area contributed by atoms with E-state index in [1.807, 2.05) is 0 Å². The highest BCUT2D eigenvalue weighted by Crippen LogP contribution is 2.30. The molecule has 0 spiro atoms. The van der Waals surface area contributed by atoms with Gasteiger partial charge in [-0.25, -0.2) is 0 Å². The molecule has 1 aliphatic carbocycles. The molecule has 2 unspecified atom stereocenters. The number of hydrogen-bond donors (Lipinski definition) is 1. The van der Waals surface area contributed by atoms with E-state index in [1.165, 1.54) is 25.8 Å². The number of nitriles is 1. The quantitative estimate of drug-likeness (QED) is 0.714. The van der Waals surface area contributed by atoms with Crippen molar-refractivity contribution in [2.24, 2.45) is 0 Å². The van der Waals surface area contributed by atoms with Crippen molar-refractivity contribution in [2.75, 3.05) is 13.1 Å². The molecule has 2 atom stereocenters. The minimum Gasteiger partial charge on any atom is -0.313 e. The van der Waals surface area contributed by atoms with Crippen LogP contribution in [-0.2, 0) is 0 Å². The molecule has 0 aromatic rings. The molecule has 1 aliphatic heterocycles. The Morgan fingerprint density at radius 2 is 2.21 bits per heavy atom. The van der Waals surface area contributed by atoms with Crippen molar-refractivity contribution in [1.82, 2.24) is 10.2 Å². The lowest BCUT2D eigenvalue weighted by atomic mass is 10.2. The van der Waals surface area contributed by atoms with E-state index in [1.54, 1.807) is 0 Å². The fourth-order valence-electron chi connectivity index (χ4n) is 2.26. The van der Waals surface area contributed by atoms with E-state index in [-0.39, 0.29) is 0 Å². The van der Waals surface area contributed by atoms with Gasteiger partial charge in [0.1, 0.15) is 0 Å². The van der Waals surface area contributed by atoms with Gasteiger partial charge in [-0.05, 0) is 26.2 Å². The van der Waals surface area contributed by atoms with Gasteiger partial charge in [0.25, 0.3) is 0 Å². The average Bonchev–Trinajstić information content (AvgIpc) is 2.96. The van der Waals surface area contributed by atoms with Crippen LogP contribution in [0.15, 0.2) is 0 Å². The second kappa shape index (κ2) is 4.29. The Morgan fingerprint density at radius 3 is 2.86 bits per heavy atom. The molecule has 0 bridgehead atoms. The average molecular weight is 193 g/mol. The zero-order chi connectivity index (χ0) is 9.97. The zero-order valence-corrected chi connectivity index (χ0v) is 8.87. The van der Waals surface area contributed by atoms with Crippen molar-refractivity contribution in [2.45, 2.75) is 50.7 Å². The van der Waals surface area contributed by atoms with Gasteiger partial charge in [-0.2, -0.15) is 5.26 Å². The largest absolute Gasteiger partial charge is 0.313 e. The van der Waals surface area contributed by atoms with Crippen molar-refractivity contribution in [3.05, 3.63) is 0 Å². The molecule has 1 N–H and O–H groups in total. The van der Waals surface area contributed by atoms with Crippen LogP contribution < -0.4 is 5.32 Å². The molecule has 2 rings (SSSR count). The fourth-order valence-corrected chi connectivity index (χ4v) is 2.26. The maximum atomic E-state index is 8.79. The highest BCUT2D eigenvalue weighted by molar-refractivity contribution is 4.95. The second-order valence-corrected chi connectivity index (χ2v) is 4.58. The van der Waals surface area contributed by atoms with Crippen LogP contribution in [0.4, 0.5) is 0 Å². The van der Waals surface area contributed by atoms with Gasteiger partial charge in [-0.1, -0.05) is 0 Å². The van der Waals surface area contributed by atoms with Crippen molar-refractivity contribution < 1.29 is 0 Å². The van der Waals surface area contributed by atoms with Gasteiger partial charge < -0.3 is 5.32 Å². The number of rotatable bonds is 2. The van der Waals surface area contributed by atoms with E-state index in [2.05, 4.69) is 23.2 Å². The van der Waals surface area contributed by atoms with Crippen LogP contribution >= 0.6 is 0 Å². The van der Waals surface area contributed by atoms with Gasteiger partial charge in [0.05, 0.1) is 12.5 Å². The predicted octanol–water partition coefficient (Wildman–Crippen LogP) is 1.11. The predicted molar refractivity (Wildman–Crippen MR) is 55.8 cm³/mol. The standard InChI is InChI=1S/C11H19N3/c1-9-5-7-14(10-2-3-10)11(4-6-12)8-13-9/h9-11,13H,2-5,7-8H2,1H3. The summed E-state index contributed by atoms with van der Waals surface area (Å²) in [6, 6.07) is 4.17. The molecule has 2 fully saturated rings. The fraction of sp³-hybridized carbons (Fsp3) is 0.909. The summed E-state index contributed by atoms with van der Waals surface area (Å²) in [5.74, 6) is 0. The maximum absolute atomic E-state index is 8.79. The molecular formula is C11H19N3. The smallest absolute Gasteiger partial charge is 0.0638 e. The Kier molecular flexibility index (Phi) is 3.05. The molecular weight excluding hydrogens is 174 g/mol. The van der Waals surface area contributed by atoms with Crippen LogP contribution in [0.3, 0.4) is 0 Å². The lowest BCUT2D eigenvalue weighted by Gasteiger charge is -2.27. The van der Waals surface area contributed by atoms with Crippen molar-refractivity contribution in [3.63, 3.8) is 0 Å². The number of hydrogen-bond acceptors (Lipinski definition) is 3. The summed E-state index contributed by atoms with van der Waals surface area (Å²) < 4.78 is 0. The Balaban J connectivity index is 1.97. The molecule has 14 heavy (non-hydrogen) atoms. The van der Waals surface area contributed by atoms with Crippen LogP contribution in [0.1, 0.15) is 32.6 Å². The van der Waals surface area contributed by atoms with Crippen molar-refractivity contribution >= 4 is 0 Å². The summed E-state index contributed by atoms with van der Waals surface area (Å²) in [4.78, 5) is 2.56. The molecule has 1 saturated carbocycles. The van der Waals surface area contributed by atoms with Crippen LogP contribution in [-0.4, -0.2) is 36.1 Å².